The summed E-state index contributed by atoms with van der Waals surface area (Å²) in [6.45, 7) is 0.356. The van der Waals surface area contributed by atoms with Crippen molar-refractivity contribution in [1.82, 2.24) is 10.3 Å². The van der Waals surface area contributed by atoms with Gasteiger partial charge in [-0.05, 0) is 23.8 Å². The third kappa shape index (κ3) is 4.42. The lowest BCUT2D eigenvalue weighted by molar-refractivity contribution is 0.251. The van der Waals surface area contributed by atoms with Crippen LogP contribution in [0.3, 0.4) is 0 Å². The Labute approximate surface area is 145 Å². The molecule has 0 aliphatic carbocycles. The molecule has 1 heterocycles. The van der Waals surface area contributed by atoms with Gasteiger partial charge in [-0.15, -0.1) is 0 Å². The van der Waals surface area contributed by atoms with Gasteiger partial charge in [-0.1, -0.05) is 11.6 Å². The Morgan fingerprint density at radius 1 is 1.21 bits per heavy atom. The quantitative estimate of drug-likeness (QED) is 0.745. The Morgan fingerprint density at radius 2 is 1.96 bits per heavy atom. The van der Waals surface area contributed by atoms with Crippen LogP contribution in [-0.2, 0) is 6.54 Å². The number of pyridine rings is 1. The number of hydrogen-bond donors (Lipinski definition) is 3. The van der Waals surface area contributed by atoms with E-state index in [0.29, 0.717) is 28.8 Å². The maximum absolute atomic E-state index is 12.1. The molecule has 0 spiro atoms. The number of aromatic nitrogens is 1. The van der Waals surface area contributed by atoms with Crippen LogP contribution in [0, 0.1) is 0 Å². The maximum atomic E-state index is 12.1. The van der Waals surface area contributed by atoms with Crippen LogP contribution in [0.1, 0.15) is 5.56 Å². The van der Waals surface area contributed by atoms with E-state index < -0.39 is 0 Å². The van der Waals surface area contributed by atoms with Gasteiger partial charge in [0.05, 0.1) is 24.9 Å². The molecule has 0 aliphatic heterocycles. The third-order valence-corrected chi connectivity index (χ3v) is 3.55. The number of urea groups is 1. The molecule has 128 valence electrons. The maximum Gasteiger partial charge on any atom is 0.319 e. The Morgan fingerprint density at radius 3 is 2.62 bits per heavy atom. The van der Waals surface area contributed by atoms with Crippen molar-refractivity contribution in [2.75, 3.05) is 31.9 Å². The van der Waals surface area contributed by atoms with E-state index in [4.69, 9.17) is 21.1 Å². The lowest BCUT2D eigenvalue weighted by atomic mass is 10.2. The van der Waals surface area contributed by atoms with E-state index in [1.165, 1.54) is 14.2 Å². The summed E-state index contributed by atoms with van der Waals surface area (Å²) in [6, 6.07) is 6.49. The number of ether oxygens (including phenoxy) is 2. The summed E-state index contributed by atoms with van der Waals surface area (Å²) in [4.78, 5) is 16.2. The molecule has 0 unspecified atom stereocenters. The summed E-state index contributed by atoms with van der Waals surface area (Å²) in [7, 11) is 4.79. The summed E-state index contributed by atoms with van der Waals surface area (Å²) < 4.78 is 10.4. The van der Waals surface area contributed by atoms with Crippen LogP contribution < -0.4 is 25.4 Å². The first-order valence-electron chi connectivity index (χ1n) is 7.16. The molecule has 0 fully saturated rings. The van der Waals surface area contributed by atoms with Crippen molar-refractivity contribution in [2.24, 2.45) is 0 Å². The number of carbonyl (C=O) groups excluding carboxylic acids is 1. The minimum atomic E-state index is -0.377. The van der Waals surface area contributed by atoms with Crippen LogP contribution in [0.4, 0.5) is 16.3 Å². The molecule has 0 saturated heterocycles. The van der Waals surface area contributed by atoms with Crippen LogP contribution in [0.25, 0.3) is 0 Å². The van der Waals surface area contributed by atoms with Crippen molar-refractivity contribution in [3.63, 3.8) is 0 Å². The smallest absolute Gasteiger partial charge is 0.319 e. The SMILES string of the molecule is CNc1cc(CNC(=O)Nc2cc(Cl)c(OC)cc2OC)ccn1. The fraction of sp³-hybridized carbons (Fsp3) is 0.250. The van der Waals surface area contributed by atoms with Crippen molar-refractivity contribution in [1.29, 1.82) is 0 Å². The Bertz CT molecular complexity index is 724. The minimum Gasteiger partial charge on any atom is -0.495 e. The van der Waals surface area contributed by atoms with E-state index in [-0.39, 0.29) is 6.03 Å². The Balaban J connectivity index is 2.02. The second-order valence-corrected chi connectivity index (χ2v) is 5.20. The van der Waals surface area contributed by atoms with Crippen LogP contribution in [0.15, 0.2) is 30.5 Å². The first kappa shape index (κ1) is 17.7. The first-order valence-corrected chi connectivity index (χ1v) is 7.54. The molecule has 0 aliphatic rings. The van der Waals surface area contributed by atoms with Gasteiger partial charge in [0.25, 0.3) is 0 Å². The van der Waals surface area contributed by atoms with Crippen molar-refractivity contribution in [3.8, 4) is 11.5 Å². The summed E-state index contributed by atoms with van der Waals surface area (Å²) in [5, 5.41) is 8.79. The molecular weight excluding hydrogens is 332 g/mol. The number of rotatable bonds is 6. The van der Waals surface area contributed by atoms with E-state index in [0.717, 1.165) is 11.4 Å². The highest BCUT2D eigenvalue weighted by molar-refractivity contribution is 6.32. The van der Waals surface area contributed by atoms with Gasteiger partial charge in [-0.25, -0.2) is 9.78 Å². The topological polar surface area (TPSA) is 84.5 Å². The zero-order valence-electron chi connectivity index (χ0n) is 13.6. The van der Waals surface area contributed by atoms with Crippen LogP contribution in [0.5, 0.6) is 11.5 Å². The van der Waals surface area contributed by atoms with Gasteiger partial charge in [-0.3, -0.25) is 0 Å². The highest BCUT2D eigenvalue weighted by Crippen LogP contribution is 2.35. The summed E-state index contributed by atoms with van der Waals surface area (Å²) in [5.41, 5.74) is 1.37. The number of methoxy groups -OCH3 is 2. The molecule has 0 radical (unpaired) electrons. The minimum absolute atomic E-state index is 0.356. The van der Waals surface area contributed by atoms with Crippen molar-refractivity contribution in [2.45, 2.75) is 6.54 Å². The second kappa shape index (κ2) is 8.26. The van der Waals surface area contributed by atoms with Gasteiger partial charge < -0.3 is 25.4 Å². The lowest BCUT2D eigenvalue weighted by Crippen LogP contribution is -2.28. The van der Waals surface area contributed by atoms with Crippen molar-refractivity contribution < 1.29 is 14.3 Å². The predicted molar refractivity (Wildman–Crippen MR) is 94.2 cm³/mol. The van der Waals surface area contributed by atoms with Crippen molar-refractivity contribution in [3.05, 3.63) is 41.0 Å². The number of nitrogens with zero attached hydrogens (tertiary/aromatic N) is 1. The number of hydrogen-bond acceptors (Lipinski definition) is 5. The third-order valence-electron chi connectivity index (χ3n) is 3.26. The van der Waals surface area contributed by atoms with E-state index in [9.17, 15) is 4.79 Å². The Kier molecular flexibility index (Phi) is 6.08. The number of nitrogens with one attached hydrogen (secondary N) is 3. The highest BCUT2D eigenvalue weighted by Gasteiger charge is 2.12. The normalized spacial score (nSPS) is 10.0. The summed E-state index contributed by atoms with van der Waals surface area (Å²) in [6.07, 6.45) is 1.67. The zero-order chi connectivity index (χ0) is 17.5. The number of anilines is 2. The van der Waals surface area contributed by atoms with E-state index >= 15 is 0 Å². The molecule has 3 N–H and O–H groups in total. The monoisotopic (exact) mass is 350 g/mol. The van der Waals surface area contributed by atoms with Gasteiger partial charge in [0.2, 0.25) is 0 Å². The molecule has 0 atom stereocenters. The van der Waals surface area contributed by atoms with Gasteiger partial charge in [-0.2, -0.15) is 0 Å². The molecule has 1 aromatic carbocycles. The van der Waals surface area contributed by atoms with Crippen LogP contribution in [-0.4, -0.2) is 32.3 Å². The number of carbonyl (C=O) groups is 1. The molecule has 2 rings (SSSR count). The molecule has 24 heavy (non-hydrogen) atoms. The molecule has 2 aromatic rings. The fourth-order valence-electron chi connectivity index (χ4n) is 2.03. The van der Waals surface area contributed by atoms with E-state index in [1.807, 2.05) is 12.1 Å². The first-order chi connectivity index (χ1) is 11.6. The van der Waals surface area contributed by atoms with Crippen molar-refractivity contribution >= 4 is 29.1 Å². The predicted octanol–water partition coefficient (Wildman–Crippen LogP) is 3.12. The molecule has 0 saturated carbocycles. The van der Waals surface area contributed by atoms with Gasteiger partial charge in [0.15, 0.2) is 0 Å². The van der Waals surface area contributed by atoms with E-state index in [1.54, 1.807) is 25.4 Å². The number of benzene rings is 1. The average molecular weight is 351 g/mol. The van der Waals surface area contributed by atoms with E-state index in [2.05, 4.69) is 20.9 Å². The molecule has 2 amide bonds. The fourth-order valence-corrected chi connectivity index (χ4v) is 2.27. The molecule has 0 bridgehead atoms. The molecule has 1 aromatic heterocycles. The van der Waals surface area contributed by atoms with Crippen LogP contribution in [0.2, 0.25) is 5.02 Å². The molecule has 7 nitrogen and oxygen atoms in total. The van der Waals surface area contributed by atoms with Gasteiger partial charge >= 0.3 is 6.03 Å². The zero-order valence-corrected chi connectivity index (χ0v) is 14.4. The summed E-state index contributed by atoms with van der Waals surface area (Å²) in [5.74, 6) is 1.65. The summed E-state index contributed by atoms with van der Waals surface area (Å²) >= 11 is 6.08. The number of halogens is 1. The standard InChI is InChI=1S/C16H19ClN4O3/c1-18-15-6-10(4-5-19-15)9-20-16(22)21-12-7-11(17)13(23-2)8-14(12)24-3/h4-8H,9H2,1-3H3,(H,18,19)(H2,20,21,22). The van der Waals surface area contributed by atoms with Gasteiger partial charge in [0, 0.05) is 25.9 Å². The highest BCUT2D eigenvalue weighted by atomic mass is 35.5. The Hall–Kier alpha value is -2.67. The molecular formula is C16H19ClN4O3. The average Bonchev–Trinajstić information content (AvgIpc) is 2.60. The van der Waals surface area contributed by atoms with Crippen LogP contribution >= 0.6 is 11.6 Å². The lowest BCUT2D eigenvalue weighted by Gasteiger charge is -2.13. The molecule has 8 heteroatoms. The number of amides is 2. The van der Waals surface area contributed by atoms with Gasteiger partial charge in [0.1, 0.15) is 17.3 Å². The largest absolute Gasteiger partial charge is 0.495 e. The second-order valence-electron chi connectivity index (χ2n) is 4.79.